The van der Waals surface area contributed by atoms with Gasteiger partial charge in [-0.2, -0.15) is 0 Å². The maximum Gasteiger partial charge on any atom is 0.328 e. The minimum absolute atomic E-state index is 0.198. The van der Waals surface area contributed by atoms with Crippen LogP contribution in [0.2, 0.25) is 0 Å². The van der Waals surface area contributed by atoms with Crippen LogP contribution < -0.4 is 15.5 Å². The molecule has 2 aromatic rings. The Morgan fingerprint density at radius 2 is 2.08 bits per heavy atom. The number of nitrogens with zero attached hydrogens (tertiary/aromatic N) is 2. The second-order valence-corrected chi connectivity index (χ2v) is 6.26. The highest BCUT2D eigenvalue weighted by Gasteiger charge is 2.29. The average molecular weight is 330 g/mol. The summed E-state index contributed by atoms with van der Waals surface area (Å²) in [5.74, 6) is -0.254. The second-order valence-electron chi connectivity index (χ2n) is 6.26. The number of anilines is 1. The Balaban J connectivity index is 1.74. The number of benzene rings is 1. The first kappa shape index (κ1) is 15.1. The minimum atomic E-state index is -0.936. The van der Waals surface area contributed by atoms with Gasteiger partial charge in [-0.1, -0.05) is 6.07 Å². The van der Waals surface area contributed by atoms with Crippen molar-refractivity contribution in [3.8, 4) is 0 Å². The molecule has 2 atom stereocenters. The summed E-state index contributed by atoms with van der Waals surface area (Å²) in [7, 11) is 0. The summed E-state index contributed by atoms with van der Waals surface area (Å²) in [6.45, 7) is 1.51. The molecule has 3 heterocycles. The SMILES string of the molecule is O=C1CCN(c2cccc3c2ccn3[C@H]2CCNC[C@@H]2F)C(=O)N1. The summed E-state index contributed by atoms with van der Waals surface area (Å²) in [6.07, 6.45) is 1.97. The monoisotopic (exact) mass is 330 g/mol. The van der Waals surface area contributed by atoms with Crippen LogP contribution in [0, 0.1) is 0 Å². The molecule has 2 N–H and O–H groups in total. The van der Waals surface area contributed by atoms with Crippen LogP contribution in [0.5, 0.6) is 0 Å². The van der Waals surface area contributed by atoms with E-state index >= 15 is 0 Å². The van der Waals surface area contributed by atoms with Crippen LogP contribution in [0.25, 0.3) is 10.9 Å². The maximum absolute atomic E-state index is 14.3. The normalized spacial score (nSPS) is 25.1. The van der Waals surface area contributed by atoms with Crippen molar-refractivity contribution in [3.63, 3.8) is 0 Å². The first-order valence-electron chi connectivity index (χ1n) is 8.21. The summed E-state index contributed by atoms with van der Waals surface area (Å²) in [4.78, 5) is 25.1. The van der Waals surface area contributed by atoms with E-state index in [4.69, 9.17) is 0 Å². The standard InChI is InChI=1S/C17H19FN4O2/c18-12-10-19-7-4-15(12)21-8-5-11-13(21)2-1-3-14(11)22-9-6-16(23)20-17(22)24/h1-3,5,8,12,15,19H,4,6-7,9-10H2,(H,20,23,24)/t12-,15-/m0/s1. The second kappa shape index (κ2) is 5.90. The molecule has 2 aliphatic rings. The molecule has 0 radical (unpaired) electrons. The quantitative estimate of drug-likeness (QED) is 0.885. The average Bonchev–Trinajstić information content (AvgIpc) is 2.99. The zero-order valence-corrected chi connectivity index (χ0v) is 13.2. The van der Waals surface area contributed by atoms with E-state index in [0.29, 0.717) is 13.1 Å². The van der Waals surface area contributed by atoms with Crippen molar-refractivity contribution in [2.24, 2.45) is 0 Å². The Bertz CT molecular complexity index is 803. The molecule has 126 valence electrons. The summed E-state index contributed by atoms with van der Waals surface area (Å²) >= 11 is 0. The number of aromatic nitrogens is 1. The van der Waals surface area contributed by atoms with Gasteiger partial charge in [0.25, 0.3) is 0 Å². The minimum Gasteiger partial charge on any atom is -0.341 e. The Labute approximate surface area is 138 Å². The number of fused-ring (bicyclic) bond motifs is 1. The van der Waals surface area contributed by atoms with Crippen molar-refractivity contribution in [2.45, 2.75) is 25.1 Å². The summed E-state index contributed by atoms with van der Waals surface area (Å²) < 4.78 is 16.3. The number of nitrogens with one attached hydrogen (secondary N) is 2. The van der Waals surface area contributed by atoms with E-state index in [2.05, 4.69) is 10.6 Å². The van der Waals surface area contributed by atoms with E-state index in [0.717, 1.165) is 29.6 Å². The van der Waals surface area contributed by atoms with Crippen molar-refractivity contribution >= 4 is 28.5 Å². The molecule has 1 aromatic heterocycles. The van der Waals surface area contributed by atoms with E-state index < -0.39 is 12.2 Å². The van der Waals surface area contributed by atoms with Gasteiger partial charge >= 0.3 is 6.03 Å². The predicted molar refractivity (Wildman–Crippen MR) is 88.9 cm³/mol. The number of carbonyl (C=O) groups is 2. The lowest BCUT2D eigenvalue weighted by molar-refractivity contribution is -0.120. The molecule has 1 aromatic carbocycles. The van der Waals surface area contributed by atoms with Gasteiger partial charge < -0.3 is 9.88 Å². The maximum atomic E-state index is 14.3. The van der Waals surface area contributed by atoms with Crippen molar-refractivity contribution in [2.75, 3.05) is 24.5 Å². The first-order chi connectivity index (χ1) is 11.6. The largest absolute Gasteiger partial charge is 0.341 e. The molecule has 3 amide bonds. The molecule has 0 unspecified atom stereocenters. The molecule has 2 aliphatic heterocycles. The number of urea groups is 1. The van der Waals surface area contributed by atoms with Crippen molar-refractivity contribution in [1.82, 2.24) is 15.2 Å². The van der Waals surface area contributed by atoms with Gasteiger partial charge in [0, 0.05) is 31.1 Å². The Morgan fingerprint density at radius 3 is 2.88 bits per heavy atom. The van der Waals surface area contributed by atoms with Gasteiger partial charge in [0.15, 0.2) is 0 Å². The number of imide groups is 1. The Hall–Kier alpha value is -2.41. The van der Waals surface area contributed by atoms with Crippen LogP contribution in [0.15, 0.2) is 30.5 Å². The van der Waals surface area contributed by atoms with Gasteiger partial charge in [-0.05, 0) is 31.2 Å². The lowest BCUT2D eigenvalue weighted by Crippen LogP contribution is -2.49. The van der Waals surface area contributed by atoms with Crippen LogP contribution in [0.4, 0.5) is 14.9 Å². The third kappa shape index (κ3) is 2.45. The molecule has 4 rings (SSSR count). The van der Waals surface area contributed by atoms with E-state index in [1.165, 1.54) is 0 Å². The predicted octanol–water partition coefficient (Wildman–Crippen LogP) is 1.96. The number of piperidine rings is 1. The third-order valence-electron chi connectivity index (χ3n) is 4.82. The van der Waals surface area contributed by atoms with Gasteiger partial charge in [-0.15, -0.1) is 0 Å². The zero-order valence-electron chi connectivity index (χ0n) is 13.2. The van der Waals surface area contributed by atoms with Crippen LogP contribution in [0.3, 0.4) is 0 Å². The number of amides is 3. The summed E-state index contributed by atoms with van der Waals surface area (Å²) in [5.41, 5.74) is 1.66. The topological polar surface area (TPSA) is 66.4 Å². The van der Waals surface area contributed by atoms with Crippen molar-refractivity contribution in [3.05, 3.63) is 30.5 Å². The van der Waals surface area contributed by atoms with Gasteiger partial charge in [-0.3, -0.25) is 15.0 Å². The van der Waals surface area contributed by atoms with Crippen LogP contribution in [0.1, 0.15) is 18.9 Å². The number of hydrogen-bond donors (Lipinski definition) is 2. The molecule has 0 saturated carbocycles. The molecule has 6 nitrogen and oxygen atoms in total. The van der Waals surface area contributed by atoms with Crippen molar-refractivity contribution in [1.29, 1.82) is 0 Å². The molecule has 2 saturated heterocycles. The van der Waals surface area contributed by atoms with Gasteiger partial charge in [-0.25, -0.2) is 9.18 Å². The van der Waals surface area contributed by atoms with Gasteiger partial charge in [0.1, 0.15) is 6.17 Å². The highest BCUT2D eigenvalue weighted by Crippen LogP contribution is 2.33. The highest BCUT2D eigenvalue weighted by molar-refractivity contribution is 6.09. The summed E-state index contributed by atoms with van der Waals surface area (Å²) in [6, 6.07) is 6.99. The molecule has 0 spiro atoms. The fraction of sp³-hybridized carbons (Fsp3) is 0.412. The van der Waals surface area contributed by atoms with E-state index in [1.807, 2.05) is 35.0 Å². The van der Waals surface area contributed by atoms with Crippen molar-refractivity contribution < 1.29 is 14.0 Å². The number of carbonyl (C=O) groups excluding carboxylic acids is 2. The number of rotatable bonds is 2. The molecular formula is C17H19FN4O2. The third-order valence-corrected chi connectivity index (χ3v) is 4.82. The van der Waals surface area contributed by atoms with E-state index in [-0.39, 0.29) is 18.4 Å². The van der Waals surface area contributed by atoms with Crippen LogP contribution in [-0.2, 0) is 4.79 Å². The van der Waals surface area contributed by atoms with E-state index in [1.54, 1.807) is 4.90 Å². The Morgan fingerprint density at radius 1 is 1.21 bits per heavy atom. The number of halogens is 1. The molecule has 2 fully saturated rings. The van der Waals surface area contributed by atoms with E-state index in [9.17, 15) is 14.0 Å². The number of alkyl halides is 1. The molecule has 7 heteroatoms. The lowest BCUT2D eigenvalue weighted by atomic mass is 10.0. The van der Waals surface area contributed by atoms with Gasteiger partial charge in [0.2, 0.25) is 5.91 Å². The Kier molecular flexibility index (Phi) is 3.72. The summed E-state index contributed by atoms with van der Waals surface area (Å²) in [5, 5.41) is 6.30. The fourth-order valence-corrected chi connectivity index (χ4v) is 3.61. The van der Waals surface area contributed by atoms with Gasteiger partial charge in [0.05, 0.1) is 17.2 Å². The molecule has 0 aliphatic carbocycles. The van der Waals surface area contributed by atoms with Crippen LogP contribution >= 0.6 is 0 Å². The zero-order chi connectivity index (χ0) is 16.7. The number of hydrogen-bond acceptors (Lipinski definition) is 3. The molecule has 0 bridgehead atoms. The first-order valence-corrected chi connectivity index (χ1v) is 8.21. The molecular weight excluding hydrogens is 311 g/mol. The van der Waals surface area contributed by atoms with Crippen LogP contribution in [-0.4, -0.2) is 42.3 Å². The fourth-order valence-electron chi connectivity index (χ4n) is 3.61. The highest BCUT2D eigenvalue weighted by atomic mass is 19.1. The molecule has 24 heavy (non-hydrogen) atoms. The lowest BCUT2D eigenvalue weighted by Gasteiger charge is -2.29. The smallest absolute Gasteiger partial charge is 0.328 e.